The van der Waals surface area contributed by atoms with Gasteiger partial charge in [0.05, 0.1) is 0 Å². The maximum Gasteiger partial charge on any atom is 0.419 e. The molecule has 1 saturated heterocycles. The van der Waals surface area contributed by atoms with Crippen LogP contribution in [0.5, 0.6) is 0 Å². The summed E-state index contributed by atoms with van der Waals surface area (Å²) in [7, 11) is 0. The fraction of sp³-hybridized carbons (Fsp3) is 0.143. The first-order valence-electron chi connectivity index (χ1n) is 5.61. The summed E-state index contributed by atoms with van der Waals surface area (Å²) in [6.07, 6.45) is 5.12. The molecule has 18 heavy (non-hydrogen) atoms. The van der Waals surface area contributed by atoms with Crippen molar-refractivity contribution in [2.24, 2.45) is 0 Å². The molecule has 0 spiro atoms. The molecule has 4 heteroatoms. The number of amides is 2. The Bertz CT molecular complexity index is 526. The zero-order valence-corrected chi connectivity index (χ0v) is 9.97. The predicted molar refractivity (Wildman–Crippen MR) is 66.7 cm³/mol. The number of hydrogen-bond acceptors (Lipinski definition) is 3. The van der Waals surface area contributed by atoms with Gasteiger partial charge in [-0.1, -0.05) is 42.0 Å². The molecular weight excluding hydrogens is 230 g/mol. The van der Waals surface area contributed by atoms with Gasteiger partial charge in [0.15, 0.2) is 5.76 Å². The summed E-state index contributed by atoms with van der Waals surface area (Å²) in [4.78, 5) is 21.9. The Balaban J connectivity index is 1.92. The molecule has 0 saturated carbocycles. The Morgan fingerprint density at radius 3 is 2.56 bits per heavy atom. The lowest BCUT2D eigenvalue weighted by atomic mass is 10.1. The minimum absolute atomic E-state index is 0.0279. The van der Waals surface area contributed by atoms with Crippen LogP contribution in [0.2, 0.25) is 0 Å². The number of alkyl carbamates (subject to hydrolysis) is 1. The third kappa shape index (κ3) is 3.07. The van der Waals surface area contributed by atoms with E-state index in [0.717, 1.165) is 6.42 Å². The topological polar surface area (TPSA) is 55.4 Å². The second-order valence-corrected chi connectivity index (χ2v) is 3.99. The largest absolute Gasteiger partial charge is 0.419 e. The van der Waals surface area contributed by atoms with Gasteiger partial charge in [-0.3, -0.25) is 10.1 Å². The minimum Gasteiger partial charge on any atom is -0.404 e. The number of benzene rings is 1. The molecule has 0 unspecified atom stereocenters. The number of nitrogens with one attached hydrogen (secondary N) is 1. The molecule has 1 aliphatic heterocycles. The Morgan fingerprint density at radius 2 is 1.94 bits per heavy atom. The zero-order chi connectivity index (χ0) is 13.0. The van der Waals surface area contributed by atoms with E-state index in [1.807, 2.05) is 30.4 Å². The van der Waals surface area contributed by atoms with Crippen LogP contribution in [0, 0.1) is 6.92 Å². The standard InChI is InChI=1S/C14H13NO3/c1-10-6-8-11(9-7-10)4-2-3-5-12-13(16)15-14(17)18-12/h2-3,5-9H,4H2,1H3,(H,15,16,17). The maximum atomic E-state index is 11.1. The first-order valence-corrected chi connectivity index (χ1v) is 5.61. The van der Waals surface area contributed by atoms with E-state index in [0.29, 0.717) is 0 Å². The molecule has 1 fully saturated rings. The fourth-order valence-electron chi connectivity index (χ4n) is 1.52. The highest BCUT2D eigenvalue weighted by molar-refractivity contribution is 6.07. The number of carbonyl (C=O) groups excluding carboxylic acids is 2. The molecule has 0 aliphatic carbocycles. The highest BCUT2D eigenvalue weighted by Gasteiger charge is 2.25. The molecule has 0 aromatic heterocycles. The third-order valence-corrected chi connectivity index (χ3v) is 2.50. The second kappa shape index (κ2) is 5.31. The van der Waals surface area contributed by atoms with Crippen LogP contribution in [0.25, 0.3) is 0 Å². The average molecular weight is 243 g/mol. The van der Waals surface area contributed by atoms with Crippen molar-refractivity contribution in [3.63, 3.8) is 0 Å². The lowest BCUT2D eigenvalue weighted by molar-refractivity contribution is -0.116. The van der Waals surface area contributed by atoms with E-state index in [1.165, 1.54) is 17.2 Å². The molecule has 1 N–H and O–H groups in total. The molecule has 4 nitrogen and oxygen atoms in total. The Kier molecular flexibility index (Phi) is 3.57. The van der Waals surface area contributed by atoms with E-state index in [2.05, 4.69) is 16.9 Å². The van der Waals surface area contributed by atoms with E-state index < -0.39 is 12.0 Å². The highest BCUT2D eigenvalue weighted by Crippen LogP contribution is 2.07. The van der Waals surface area contributed by atoms with Crippen LogP contribution in [0.1, 0.15) is 11.1 Å². The summed E-state index contributed by atoms with van der Waals surface area (Å²) in [5.41, 5.74) is 2.41. The summed E-state index contributed by atoms with van der Waals surface area (Å²) >= 11 is 0. The van der Waals surface area contributed by atoms with E-state index in [4.69, 9.17) is 0 Å². The minimum atomic E-state index is -0.724. The van der Waals surface area contributed by atoms with Gasteiger partial charge in [0.25, 0.3) is 5.91 Å². The van der Waals surface area contributed by atoms with Crippen molar-refractivity contribution in [1.29, 1.82) is 0 Å². The van der Waals surface area contributed by atoms with Crippen molar-refractivity contribution in [2.45, 2.75) is 13.3 Å². The smallest absolute Gasteiger partial charge is 0.404 e. The SMILES string of the molecule is Cc1ccc(CC=CC=C2OC(=O)NC2=O)cc1. The monoisotopic (exact) mass is 243 g/mol. The van der Waals surface area contributed by atoms with Crippen LogP contribution < -0.4 is 5.32 Å². The molecule has 0 radical (unpaired) electrons. The van der Waals surface area contributed by atoms with E-state index >= 15 is 0 Å². The molecule has 92 valence electrons. The third-order valence-electron chi connectivity index (χ3n) is 2.50. The number of carbonyl (C=O) groups is 2. The van der Waals surface area contributed by atoms with Crippen molar-refractivity contribution in [1.82, 2.24) is 5.32 Å². The summed E-state index contributed by atoms with van der Waals surface area (Å²) in [6.45, 7) is 2.04. The van der Waals surface area contributed by atoms with Gasteiger partial charge >= 0.3 is 6.09 Å². The van der Waals surface area contributed by atoms with Gasteiger partial charge in [0.1, 0.15) is 0 Å². The van der Waals surface area contributed by atoms with Crippen molar-refractivity contribution in [3.8, 4) is 0 Å². The Morgan fingerprint density at radius 1 is 1.22 bits per heavy atom. The van der Waals surface area contributed by atoms with Crippen molar-refractivity contribution in [2.75, 3.05) is 0 Å². The Hall–Kier alpha value is -2.36. The highest BCUT2D eigenvalue weighted by atomic mass is 16.6. The molecular formula is C14H13NO3. The number of allylic oxidation sites excluding steroid dienone is 3. The van der Waals surface area contributed by atoms with Gasteiger partial charge in [-0.15, -0.1) is 0 Å². The molecule has 2 amide bonds. The van der Waals surface area contributed by atoms with Crippen LogP contribution in [0.3, 0.4) is 0 Å². The van der Waals surface area contributed by atoms with Crippen LogP contribution in [0.15, 0.2) is 48.3 Å². The van der Waals surface area contributed by atoms with Crippen molar-refractivity contribution >= 4 is 12.0 Å². The van der Waals surface area contributed by atoms with Crippen LogP contribution >= 0.6 is 0 Å². The molecule has 0 bridgehead atoms. The van der Waals surface area contributed by atoms with Gasteiger partial charge in [-0.25, -0.2) is 4.79 Å². The number of imide groups is 1. The quantitative estimate of drug-likeness (QED) is 0.828. The molecule has 1 aliphatic rings. The molecule has 2 rings (SSSR count). The summed E-state index contributed by atoms with van der Waals surface area (Å²) in [5, 5.41) is 2.03. The van der Waals surface area contributed by atoms with Gasteiger partial charge in [0.2, 0.25) is 0 Å². The van der Waals surface area contributed by atoms with Crippen LogP contribution in [0.4, 0.5) is 4.79 Å². The molecule has 1 aromatic rings. The average Bonchev–Trinajstić information content (AvgIpc) is 2.66. The van der Waals surface area contributed by atoms with E-state index in [1.54, 1.807) is 6.08 Å². The summed E-state index contributed by atoms with van der Waals surface area (Å²) in [5.74, 6) is -0.472. The van der Waals surface area contributed by atoms with Gasteiger partial charge in [-0.05, 0) is 25.0 Å². The number of aryl methyl sites for hydroxylation is 1. The maximum absolute atomic E-state index is 11.1. The van der Waals surface area contributed by atoms with E-state index in [-0.39, 0.29) is 5.76 Å². The van der Waals surface area contributed by atoms with Gasteiger partial charge < -0.3 is 4.74 Å². The molecule has 1 aromatic carbocycles. The van der Waals surface area contributed by atoms with E-state index in [9.17, 15) is 9.59 Å². The molecule has 1 heterocycles. The molecule has 0 atom stereocenters. The van der Waals surface area contributed by atoms with Crippen molar-refractivity contribution in [3.05, 3.63) is 59.4 Å². The lowest BCUT2D eigenvalue weighted by Gasteiger charge is -1.96. The van der Waals surface area contributed by atoms with Crippen LogP contribution in [-0.4, -0.2) is 12.0 Å². The number of cyclic esters (lactones) is 1. The fourth-order valence-corrected chi connectivity index (χ4v) is 1.52. The Labute approximate surface area is 105 Å². The number of ether oxygens (including phenoxy) is 1. The summed E-state index contributed by atoms with van der Waals surface area (Å²) in [6, 6.07) is 8.20. The zero-order valence-electron chi connectivity index (χ0n) is 9.97. The predicted octanol–water partition coefficient (Wildman–Crippen LogP) is 2.24. The number of hydrogen-bond donors (Lipinski definition) is 1. The van der Waals surface area contributed by atoms with Crippen LogP contribution in [-0.2, 0) is 16.0 Å². The number of rotatable bonds is 3. The first-order chi connectivity index (χ1) is 8.65. The second-order valence-electron chi connectivity index (χ2n) is 3.99. The first kappa shape index (κ1) is 12.1. The summed E-state index contributed by atoms with van der Waals surface area (Å²) < 4.78 is 4.65. The lowest BCUT2D eigenvalue weighted by Crippen LogP contribution is -2.18. The van der Waals surface area contributed by atoms with Gasteiger partial charge in [-0.2, -0.15) is 0 Å². The normalized spacial score (nSPS) is 17.3. The van der Waals surface area contributed by atoms with Crippen molar-refractivity contribution < 1.29 is 14.3 Å². The van der Waals surface area contributed by atoms with Gasteiger partial charge in [0, 0.05) is 0 Å².